The van der Waals surface area contributed by atoms with Crippen LogP contribution in [-0.2, 0) is 0 Å². The molecule has 2 N–H and O–H groups in total. The van der Waals surface area contributed by atoms with E-state index in [1.54, 1.807) is 13.8 Å². The van der Waals surface area contributed by atoms with Gasteiger partial charge in [-0.05, 0) is 26.8 Å². The summed E-state index contributed by atoms with van der Waals surface area (Å²) in [5.74, 6) is 0.668. The highest BCUT2D eigenvalue weighted by molar-refractivity contribution is 5.97. The number of hydrogen-bond acceptors (Lipinski definition) is 4. The number of aryl methyl sites for hydroxylation is 2. The maximum absolute atomic E-state index is 11.6. The van der Waals surface area contributed by atoms with E-state index < -0.39 is 0 Å². The number of rotatable bonds is 4. The molecule has 0 unspecified atom stereocenters. The zero-order chi connectivity index (χ0) is 9.84. The molecule has 1 aromatic rings. The summed E-state index contributed by atoms with van der Waals surface area (Å²) >= 11 is 0. The lowest BCUT2D eigenvalue weighted by atomic mass is 10.1. The van der Waals surface area contributed by atoms with Crippen molar-refractivity contribution in [3.8, 4) is 0 Å². The second-order valence-corrected chi connectivity index (χ2v) is 3.01. The quantitative estimate of drug-likeness (QED) is 0.710. The van der Waals surface area contributed by atoms with Gasteiger partial charge in [-0.15, -0.1) is 0 Å². The minimum atomic E-state index is 0.0710. The molecule has 0 aliphatic heterocycles. The van der Waals surface area contributed by atoms with Crippen molar-refractivity contribution in [2.75, 3.05) is 6.54 Å². The summed E-state index contributed by atoms with van der Waals surface area (Å²) in [4.78, 5) is 11.6. The molecule has 0 aromatic carbocycles. The Morgan fingerprint density at radius 1 is 1.54 bits per heavy atom. The first-order chi connectivity index (χ1) is 6.16. The lowest BCUT2D eigenvalue weighted by Gasteiger charge is -1.97. The molecule has 0 aliphatic rings. The molecule has 0 radical (unpaired) electrons. The highest BCUT2D eigenvalue weighted by Gasteiger charge is 2.16. The number of hydrogen-bond donors (Lipinski definition) is 1. The van der Waals surface area contributed by atoms with Gasteiger partial charge in [0.2, 0.25) is 0 Å². The zero-order valence-corrected chi connectivity index (χ0v) is 7.96. The summed E-state index contributed by atoms with van der Waals surface area (Å²) in [6.45, 7) is 4.05. The van der Waals surface area contributed by atoms with Gasteiger partial charge in [0.25, 0.3) is 0 Å². The molecule has 0 saturated heterocycles. The van der Waals surface area contributed by atoms with Crippen LogP contribution in [0.2, 0.25) is 0 Å². The van der Waals surface area contributed by atoms with Gasteiger partial charge in [-0.2, -0.15) is 0 Å². The van der Waals surface area contributed by atoms with Crippen LogP contribution in [0.15, 0.2) is 4.52 Å². The third-order valence-corrected chi connectivity index (χ3v) is 1.92. The minimum absolute atomic E-state index is 0.0710. The van der Waals surface area contributed by atoms with E-state index in [2.05, 4.69) is 5.16 Å². The maximum Gasteiger partial charge on any atom is 0.168 e. The van der Waals surface area contributed by atoms with Crippen molar-refractivity contribution in [1.82, 2.24) is 5.16 Å². The summed E-state index contributed by atoms with van der Waals surface area (Å²) < 4.78 is 4.89. The Labute approximate surface area is 77.1 Å². The highest BCUT2D eigenvalue weighted by Crippen LogP contribution is 2.14. The van der Waals surface area contributed by atoms with E-state index in [-0.39, 0.29) is 5.78 Å². The Balaban J connectivity index is 2.76. The van der Waals surface area contributed by atoms with Gasteiger partial charge < -0.3 is 10.3 Å². The predicted molar refractivity (Wildman–Crippen MR) is 48.6 cm³/mol. The number of nitrogens with two attached hydrogens (primary N) is 1. The summed E-state index contributed by atoms with van der Waals surface area (Å²) in [6, 6.07) is 0. The normalized spacial score (nSPS) is 10.4. The smallest absolute Gasteiger partial charge is 0.168 e. The molecule has 4 heteroatoms. The maximum atomic E-state index is 11.6. The second kappa shape index (κ2) is 4.18. The van der Waals surface area contributed by atoms with Crippen LogP contribution in [0.1, 0.15) is 34.7 Å². The van der Waals surface area contributed by atoms with Gasteiger partial charge in [-0.3, -0.25) is 4.79 Å². The van der Waals surface area contributed by atoms with Crippen LogP contribution >= 0.6 is 0 Å². The molecule has 0 bridgehead atoms. The van der Waals surface area contributed by atoms with Gasteiger partial charge in [0, 0.05) is 6.42 Å². The fraction of sp³-hybridized carbons (Fsp3) is 0.556. The summed E-state index contributed by atoms with van der Waals surface area (Å²) in [7, 11) is 0. The van der Waals surface area contributed by atoms with E-state index in [0.717, 1.165) is 0 Å². The molecular formula is C9H14N2O2. The number of Topliss-reactive ketones (excluding diaryl/α,β-unsaturated/α-hetero) is 1. The van der Waals surface area contributed by atoms with Gasteiger partial charge >= 0.3 is 0 Å². The highest BCUT2D eigenvalue weighted by atomic mass is 16.5. The standard InChI is InChI=1S/C9H14N2O2/c1-6-9(7(2)13-11-6)8(12)4-3-5-10/h3-5,10H2,1-2H3. The predicted octanol–water partition coefficient (Wildman–Crippen LogP) is 1.21. The van der Waals surface area contributed by atoms with Gasteiger partial charge in [0.15, 0.2) is 5.78 Å². The van der Waals surface area contributed by atoms with Gasteiger partial charge in [0.1, 0.15) is 5.76 Å². The van der Waals surface area contributed by atoms with Crippen molar-refractivity contribution in [3.05, 3.63) is 17.0 Å². The van der Waals surface area contributed by atoms with E-state index in [0.29, 0.717) is 36.4 Å². The zero-order valence-electron chi connectivity index (χ0n) is 7.96. The molecule has 0 atom stereocenters. The number of nitrogens with zero attached hydrogens (tertiary/aromatic N) is 1. The van der Waals surface area contributed by atoms with Crippen LogP contribution < -0.4 is 5.73 Å². The number of aromatic nitrogens is 1. The number of ketones is 1. The van der Waals surface area contributed by atoms with Gasteiger partial charge in [-0.1, -0.05) is 5.16 Å². The van der Waals surface area contributed by atoms with Crippen molar-refractivity contribution >= 4 is 5.78 Å². The summed E-state index contributed by atoms with van der Waals surface area (Å²) in [6.07, 6.45) is 1.18. The van der Waals surface area contributed by atoms with E-state index >= 15 is 0 Å². The average Bonchev–Trinajstić information content (AvgIpc) is 2.42. The Hall–Kier alpha value is -1.16. The van der Waals surface area contributed by atoms with Crippen LogP contribution in [0.3, 0.4) is 0 Å². The lowest BCUT2D eigenvalue weighted by molar-refractivity contribution is 0.0979. The molecule has 1 aromatic heterocycles. The molecule has 13 heavy (non-hydrogen) atoms. The Morgan fingerprint density at radius 2 is 2.23 bits per heavy atom. The Morgan fingerprint density at radius 3 is 2.69 bits per heavy atom. The molecule has 0 saturated carbocycles. The topological polar surface area (TPSA) is 69.1 Å². The first-order valence-electron chi connectivity index (χ1n) is 4.33. The molecular weight excluding hydrogens is 168 g/mol. The van der Waals surface area contributed by atoms with Crippen molar-refractivity contribution in [2.24, 2.45) is 5.73 Å². The van der Waals surface area contributed by atoms with Crippen molar-refractivity contribution < 1.29 is 9.32 Å². The van der Waals surface area contributed by atoms with Crippen molar-refractivity contribution in [1.29, 1.82) is 0 Å². The third kappa shape index (κ3) is 2.15. The van der Waals surface area contributed by atoms with E-state index in [9.17, 15) is 4.79 Å². The van der Waals surface area contributed by atoms with Gasteiger partial charge in [0.05, 0.1) is 11.3 Å². The molecule has 0 aliphatic carbocycles. The fourth-order valence-electron chi connectivity index (χ4n) is 1.27. The SMILES string of the molecule is Cc1noc(C)c1C(=O)CCCN. The van der Waals surface area contributed by atoms with Crippen molar-refractivity contribution in [3.63, 3.8) is 0 Å². The van der Waals surface area contributed by atoms with Gasteiger partial charge in [-0.25, -0.2) is 0 Å². The van der Waals surface area contributed by atoms with Crippen LogP contribution in [0.5, 0.6) is 0 Å². The molecule has 4 nitrogen and oxygen atoms in total. The summed E-state index contributed by atoms with van der Waals surface area (Å²) in [5.41, 5.74) is 6.60. The molecule has 0 spiro atoms. The van der Waals surface area contributed by atoms with Crippen molar-refractivity contribution in [2.45, 2.75) is 26.7 Å². The fourth-order valence-corrected chi connectivity index (χ4v) is 1.27. The molecule has 0 amide bonds. The first-order valence-corrected chi connectivity index (χ1v) is 4.33. The molecule has 0 fully saturated rings. The largest absolute Gasteiger partial charge is 0.361 e. The molecule has 72 valence electrons. The first kappa shape index (κ1) is 9.92. The summed E-state index contributed by atoms with van der Waals surface area (Å²) in [5, 5.41) is 3.72. The lowest BCUT2D eigenvalue weighted by Crippen LogP contribution is -2.06. The Bertz CT molecular complexity index is 285. The van der Waals surface area contributed by atoms with Crippen LogP contribution in [0.25, 0.3) is 0 Å². The monoisotopic (exact) mass is 182 g/mol. The van der Waals surface area contributed by atoms with Crippen LogP contribution in [0, 0.1) is 13.8 Å². The second-order valence-electron chi connectivity index (χ2n) is 3.01. The van der Waals surface area contributed by atoms with E-state index in [1.807, 2.05) is 0 Å². The molecule has 1 rings (SSSR count). The molecule has 1 heterocycles. The number of carbonyl (C=O) groups excluding carboxylic acids is 1. The number of carbonyl (C=O) groups is 1. The van der Waals surface area contributed by atoms with Crippen LogP contribution in [-0.4, -0.2) is 17.5 Å². The van der Waals surface area contributed by atoms with E-state index in [1.165, 1.54) is 0 Å². The average molecular weight is 182 g/mol. The Kier molecular flexibility index (Phi) is 3.19. The van der Waals surface area contributed by atoms with Crippen LogP contribution in [0.4, 0.5) is 0 Å². The third-order valence-electron chi connectivity index (χ3n) is 1.92. The minimum Gasteiger partial charge on any atom is -0.361 e. The van der Waals surface area contributed by atoms with E-state index in [4.69, 9.17) is 10.3 Å².